The van der Waals surface area contributed by atoms with E-state index in [0.29, 0.717) is 17.3 Å². The average molecular weight is 428 g/mol. The van der Waals surface area contributed by atoms with Gasteiger partial charge in [-0.15, -0.1) is 0 Å². The molecule has 0 saturated heterocycles. The third-order valence-electron chi connectivity index (χ3n) is 4.85. The van der Waals surface area contributed by atoms with Crippen LogP contribution in [0, 0.1) is 0 Å². The van der Waals surface area contributed by atoms with E-state index in [1.165, 1.54) is 6.08 Å². The summed E-state index contributed by atoms with van der Waals surface area (Å²) in [7, 11) is 1.59. The van der Waals surface area contributed by atoms with Gasteiger partial charge in [-0.05, 0) is 55.3 Å². The van der Waals surface area contributed by atoms with Crippen molar-refractivity contribution in [1.29, 1.82) is 0 Å². The van der Waals surface area contributed by atoms with Crippen LogP contribution in [0.1, 0.15) is 13.8 Å². The molecule has 4 rings (SSSR count). The second kappa shape index (κ2) is 8.93. The first-order valence-electron chi connectivity index (χ1n) is 10.2. The number of carbonyl (C=O) groups excluding carboxylic acids is 1. The predicted octanol–water partition coefficient (Wildman–Crippen LogP) is 5.21. The van der Waals surface area contributed by atoms with Gasteiger partial charge in [0.25, 0.3) is 0 Å². The number of rotatable bonds is 7. The molecule has 0 atom stereocenters. The Balaban J connectivity index is 1.81. The minimum atomic E-state index is -0.286. The van der Waals surface area contributed by atoms with Crippen molar-refractivity contribution in [3.63, 3.8) is 0 Å². The van der Waals surface area contributed by atoms with E-state index in [4.69, 9.17) is 9.47 Å². The number of benzene rings is 1. The average Bonchev–Trinajstić information content (AvgIpc) is 3.21. The highest BCUT2D eigenvalue weighted by Crippen LogP contribution is 2.34. The molecule has 0 unspecified atom stereocenters. The number of aromatic nitrogens is 3. The van der Waals surface area contributed by atoms with Crippen LogP contribution in [0.5, 0.6) is 11.6 Å². The molecule has 3 heterocycles. The maximum absolute atomic E-state index is 11.9. The summed E-state index contributed by atoms with van der Waals surface area (Å²) in [6, 6.07) is 11.5. The summed E-state index contributed by atoms with van der Waals surface area (Å²) in [5.41, 5.74) is 5.12. The van der Waals surface area contributed by atoms with Crippen molar-refractivity contribution in [1.82, 2.24) is 15.0 Å². The largest absolute Gasteiger partial charge is 0.491 e. The molecule has 7 heteroatoms. The third-order valence-corrected chi connectivity index (χ3v) is 4.85. The molecule has 0 bridgehead atoms. The summed E-state index contributed by atoms with van der Waals surface area (Å²) in [6.45, 7) is 7.43. The number of fused-ring (bicyclic) bond motifs is 1. The minimum absolute atomic E-state index is 0.00763. The minimum Gasteiger partial charge on any atom is -0.491 e. The number of ether oxygens (including phenoxy) is 2. The Labute approximate surface area is 186 Å². The Morgan fingerprint density at radius 1 is 1.12 bits per heavy atom. The van der Waals surface area contributed by atoms with Crippen LogP contribution in [0.3, 0.4) is 0 Å². The van der Waals surface area contributed by atoms with E-state index < -0.39 is 0 Å². The second-order valence-electron chi connectivity index (χ2n) is 7.52. The van der Waals surface area contributed by atoms with Gasteiger partial charge in [0.15, 0.2) is 0 Å². The predicted molar refractivity (Wildman–Crippen MR) is 126 cm³/mol. The van der Waals surface area contributed by atoms with E-state index in [0.717, 1.165) is 33.3 Å². The van der Waals surface area contributed by atoms with Crippen LogP contribution >= 0.6 is 0 Å². The normalized spacial score (nSPS) is 10.9. The summed E-state index contributed by atoms with van der Waals surface area (Å²) < 4.78 is 11.2. The molecule has 0 spiro atoms. The van der Waals surface area contributed by atoms with E-state index in [2.05, 4.69) is 32.9 Å². The first kappa shape index (κ1) is 21.1. The van der Waals surface area contributed by atoms with Crippen molar-refractivity contribution in [2.75, 3.05) is 12.4 Å². The first-order chi connectivity index (χ1) is 15.5. The number of H-pyrrole nitrogens is 1. The number of aromatic amines is 1. The molecule has 0 aliphatic carbocycles. The molecule has 7 nitrogen and oxygen atoms in total. The number of nitrogens with zero attached hydrogens (tertiary/aromatic N) is 2. The van der Waals surface area contributed by atoms with Gasteiger partial charge in [0.1, 0.15) is 11.4 Å². The molecular formula is C25H24N4O3. The number of amides is 1. The number of nitrogens with one attached hydrogen (secondary N) is 2. The maximum Gasteiger partial charge on any atom is 0.247 e. The molecule has 4 aromatic rings. The van der Waals surface area contributed by atoms with Gasteiger partial charge in [-0.25, -0.2) is 9.97 Å². The lowest BCUT2D eigenvalue weighted by Crippen LogP contribution is -2.09. The molecule has 0 fully saturated rings. The summed E-state index contributed by atoms with van der Waals surface area (Å²) in [5, 5.41) is 3.77. The number of anilines is 1. The topological polar surface area (TPSA) is 89.1 Å². The van der Waals surface area contributed by atoms with Crippen LogP contribution in [0.15, 0.2) is 67.6 Å². The van der Waals surface area contributed by atoms with Crippen LogP contribution in [0.25, 0.3) is 33.3 Å². The highest BCUT2D eigenvalue weighted by molar-refractivity contribution is 6.00. The van der Waals surface area contributed by atoms with Crippen molar-refractivity contribution in [3.8, 4) is 33.9 Å². The number of carbonyl (C=O) groups is 1. The summed E-state index contributed by atoms with van der Waals surface area (Å²) in [6.07, 6.45) is 6.66. The van der Waals surface area contributed by atoms with Crippen LogP contribution in [-0.4, -0.2) is 34.1 Å². The fraction of sp³-hybridized carbons (Fsp3) is 0.160. The van der Waals surface area contributed by atoms with E-state index in [9.17, 15) is 4.79 Å². The van der Waals surface area contributed by atoms with Crippen molar-refractivity contribution in [2.45, 2.75) is 20.0 Å². The van der Waals surface area contributed by atoms with Gasteiger partial charge >= 0.3 is 0 Å². The van der Waals surface area contributed by atoms with Crippen LogP contribution in [0.2, 0.25) is 0 Å². The van der Waals surface area contributed by atoms with E-state index in [-0.39, 0.29) is 12.0 Å². The zero-order valence-electron chi connectivity index (χ0n) is 18.2. The Kier molecular flexibility index (Phi) is 5.89. The molecule has 0 aliphatic rings. The smallest absolute Gasteiger partial charge is 0.247 e. The molecule has 162 valence electrons. The molecule has 0 radical (unpaired) electrons. The third kappa shape index (κ3) is 4.46. The summed E-state index contributed by atoms with van der Waals surface area (Å²) >= 11 is 0. The van der Waals surface area contributed by atoms with Crippen LogP contribution in [0.4, 0.5) is 5.69 Å². The highest BCUT2D eigenvalue weighted by atomic mass is 16.5. The Morgan fingerprint density at radius 3 is 2.72 bits per heavy atom. The number of methoxy groups -OCH3 is 1. The quantitative estimate of drug-likeness (QED) is 0.394. The van der Waals surface area contributed by atoms with Gasteiger partial charge in [-0.3, -0.25) is 4.79 Å². The van der Waals surface area contributed by atoms with E-state index in [1.54, 1.807) is 25.6 Å². The van der Waals surface area contributed by atoms with Crippen molar-refractivity contribution >= 4 is 22.6 Å². The SMILES string of the molecule is C=CC(=O)Nc1cc(OC(C)C)cc(-c2cnc3[nH]cc(-c4ccnc(OC)c4)c3c2)c1. The first-order valence-corrected chi connectivity index (χ1v) is 10.2. The number of pyridine rings is 2. The lowest BCUT2D eigenvalue weighted by molar-refractivity contribution is -0.111. The fourth-order valence-corrected chi connectivity index (χ4v) is 3.46. The van der Waals surface area contributed by atoms with Gasteiger partial charge in [0.05, 0.1) is 13.2 Å². The molecule has 32 heavy (non-hydrogen) atoms. The van der Waals surface area contributed by atoms with Crippen molar-refractivity contribution in [2.24, 2.45) is 0 Å². The molecule has 0 aliphatic heterocycles. The molecular weight excluding hydrogens is 404 g/mol. The Bertz CT molecular complexity index is 1290. The zero-order chi connectivity index (χ0) is 22.7. The molecule has 0 saturated carbocycles. The number of hydrogen-bond acceptors (Lipinski definition) is 5. The van der Waals surface area contributed by atoms with E-state index >= 15 is 0 Å². The van der Waals surface area contributed by atoms with Crippen molar-refractivity contribution in [3.05, 3.63) is 67.6 Å². The Morgan fingerprint density at radius 2 is 1.97 bits per heavy atom. The lowest BCUT2D eigenvalue weighted by atomic mass is 10.0. The standard InChI is InChI=1S/C25H24N4O3/c1-5-23(30)29-19-8-17(9-20(12-19)32-15(2)3)18-10-21-22(14-28-25(21)27-13-18)16-6-7-26-24(11-16)31-4/h5-15H,1H2,2-4H3,(H,27,28)(H,29,30). The second-order valence-corrected chi connectivity index (χ2v) is 7.52. The van der Waals surface area contributed by atoms with Gasteiger partial charge in [0.2, 0.25) is 11.8 Å². The van der Waals surface area contributed by atoms with Gasteiger partial charge in [0, 0.05) is 52.9 Å². The summed E-state index contributed by atoms with van der Waals surface area (Å²) in [5.74, 6) is 0.915. The maximum atomic E-state index is 11.9. The fourth-order valence-electron chi connectivity index (χ4n) is 3.46. The van der Waals surface area contributed by atoms with Gasteiger partial charge < -0.3 is 19.8 Å². The van der Waals surface area contributed by atoms with Crippen molar-refractivity contribution < 1.29 is 14.3 Å². The monoisotopic (exact) mass is 428 g/mol. The number of hydrogen-bond donors (Lipinski definition) is 2. The van der Waals surface area contributed by atoms with Gasteiger partial charge in [-0.1, -0.05) is 6.58 Å². The van der Waals surface area contributed by atoms with E-state index in [1.807, 2.05) is 44.3 Å². The molecule has 1 aromatic carbocycles. The highest BCUT2D eigenvalue weighted by Gasteiger charge is 2.12. The lowest BCUT2D eigenvalue weighted by Gasteiger charge is -2.14. The molecule has 3 aromatic heterocycles. The van der Waals surface area contributed by atoms with Crippen LogP contribution in [-0.2, 0) is 4.79 Å². The molecule has 1 amide bonds. The van der Waals surface area contributed by atoms with Crippen LogP contribution < -0.4 is 14.8 Å². The zero-order valence-corrected chi connectivity index (χ0v) is 18.2. The summed E-state index contributed by atoms with van der Waals surface area (Å²) in [4.78, 5) is 23.9. The molecule has 2 N–H and O–H groups in total. The Hall–Kier alpha value is -4.13. The van der Waals surface area contributed by atoms with Gasteiger partial charge in [-0.2, -0.15) is 0 Å².